The number of nitrogens with one attached hydrogen (secondary N) is 1. The summed E-state index contributed by atoms with van der Waals surface area (Å²) < 4.78 is 12.6. The van der Waals surface area contributed by atoms with E-state index in [0.29, 0.717) is 19.4 Å². The van der Waals surface area contributed by atoms with Crippen molar-refractivity contribution in [3.63, 3.8) is 0 Å². The average molecular weight is 275 g/mol. The molecule has 1 aromatic rings. The largest absolute Gasteiger partial charge is 0.354 e. The molecule has 18 heavy (non-hydrogen) atoms. The van der Waals surface area contributed by atoms with Crippen LogP contribution in [0.2, 0.25) is 0 Å². The molecule has 0 heterocycles. The lowest BCUT2D eigenvalue weighted by Gasteiger charge is -2.10. The number of nitrogens with two attached hydrogens (primary N) is 1. The zero-order chi connectivity index (χ0) is 12.7. The van der Waals surface area contributed by atoms with Crippen molar-refractivity contribution in [2.45, 2.75) is 32.2 Å². The van der Waals surface area contributed by atoms with Crippen molar-refractivity contribution in [3.05, 3.63) is 35.6 Å². The standard InChI is InChI=1S/C13H19FN2O.ClH/c1-2-3-12(15)13(17)16-9-8-10-4-6-11(14)7-5-10;/h4-7,12H,2-3,8-9,15H2,1H3,(H,16,17);1H. The fourth-order valence-corrected chi connectivity index (χ4v) is 1.55. The van der Waals surface area contributed by atoms with Gasteiger partial charge in [-0.1, -0.05) is 25.5 Å². The zero-order valence-corrected chi connectivity index (χ0v) is 11.3. The lowest BCUT2D eigenvalue weighted by Crippen LogP contribution is -2.41. The number of carbonyl (C=O) groups excluding carboxylic acids is 1. The van der Waals surface area contributed by atoms with E-state index in [4.69, 9.17) is 5.73 Å². The molecule has 0 bridgehead atoms. The smallest absolute Gasteiger partial charge is 0.236 e. The quantitative estimate of drug-likeness (QED) is 0.834. The highest BCUT2D eigenvalue weighted by Gasteiger charge is 2.10. The molecule has 3 nitrogen and oxygen atoms in total. The molecule has 0 spiro atoms. The Balaban J connectivity index is 0.00000289. The van der Waals surface area contributed by atoms with E-state index in [1.54, 1.807) is 12.1 Å². The second kappa shape index (κ2) is 8.89. The molecule has 1 unspecified atom stereocenters. The first-order valence-electron chi connectivity index (χ1n) is 5.91. The van der Waals surface area contributed by atoms with Crippen LogP contribution in [0.5, 0.6) is 0 Å². The normalized spacial score (nSPS) is 11.5. The molecule has 0 fully saturated rings. The molecule has 0 aromatic heterocycles. The van der Waals surface area contributed by atoms with Crippen LogP contribution in [0.1, 0.15) is 25.3 Å². The fraction of sp³-hybridized carbons (Fsp3) is 0.462. The predicted octanol–water partition coefficient (Wildman–Crippen LogP) is 2.03. The van der Waals surface area contributed by atoms with Gasteiger partial charge in [-0.2, -0.15) is 0 Å². The van der Waals surface area contributed by atoms with Crippen LogP contribution in [-0.4, -0.2) is 18.5 Å². The first kappa shape index (κ1) is 16.9. The van der Waals surface area contributed by atoms with Crippen molar-refractivity contribution in [2.24, 2.45) is 5.73 Å². The molecular weight excluding hydrogens is 255 g/mol. The fourth-order valence-electron chi connectivity index (χ4n) is 1.55. The van der Waals surface area contributed by atoms with Gasteiger partial charge in [0.25, 0.3) is 0 Å². The van der Waals surface area contributed by atoms with E-state index in [1.807, 2.05) is 6.92 Å². The SMILES string of the molecule is CCCC(N)C(=O)NCCc1ccc(F)cc1.Cl. The summed E-state index contributed by atoms with van der Waals surface area (Å²) in [5.74, 6) is -0.364. The molecular formula is C13H20ClFN2O. The van der Waals surface area contributed by atoms with E-state index in [-0.39, 0.29) is 24.1 Å². The molecule has 3 N–H and O–H groups in total. The Morgan fingerprint density at radius 1 is 1.39 bits per heavy atom. The van der Waals surface area contributed by atoms with Gasteiger partial charge in [-0.25, -0.2) is 4.39 Å². The molecule has 1 atom stereocenters. The van der Waals surface area contributed by atoms with Gasteiger partial charge in [0.15, 0.2) is 0 Å². The van der Waals surface area contributed by atoms with Gasteiger partial charge in [0.2, 0.25) is 5.91 Å². The molecule has 0 radical (unpaired) electrons. The Morgan fingerprint density at radius 3 is 2.56 bits per heavy atom. The van der Waals surface area contributed by atoms with Crippen molar-refractivity contribution in [3.8, 4) is 0 Å². The highest BCUT2D eigenvalue weighted by molar-refractivity contribution is 5.85. The molecule has 1 aromatic carbocycles. The Bertz CT molecular complexity index is 357. The molecule has 102 valence electrons. The summed E-state index contributed by atoms with van der Waals surface area (Å²) in [5.41, 5.74) is 6.66. The van der Waals surface area contributed by atoms with Crippen LogP contribution in [0.15, 0.2) is 24.3 Å². The van der Waals surface area contributed by atoms with Gasteiger partial charge in [-0.15, -0.1) is 12.4 Å². The van der Waals surface area contributed by atoms with Gasteiger partial charge in [-0.3, -0.25) is 4.79 Å². The van der Waals surface area contributed by atoms with Crippen LogP contribution in [-0.2, 0) is 11.2 Å². The summed E-state index contributed by atoms with van der Waals surface area (Å²) in [6, 6.07) is 5.84. The van der Waals surface area contributed by atoms with Crippen LogP contribution in [0, 0.1) is 5.82 Å². The molecule has 1 rings (SSSR count). The molecule has 1 amide bonds. The molecule has 0 aliphatic carbocycles. The number of halogens is 2. The van der Waals surface area contributed by atoms with Gasteiger partial charge in [-0.05, 0) is 30.5 Å². The van der Waals surface area contributed by atoms with E-state index in [2.05, 4.69) is 5.32 Å². The van der Waals surface area contributed by atoms with E-state index in [9.17, 15) is 9.18 Å². The van der Waals surface area contributed by atoms with E-state index >= 15 is 0 Å². The van der Waals surface area contributed by atoms with Crippen molar-refractivity contribution in [1.29, 1.82) is 0 Å². The Morgan fingerprint density at radius 2 is 2.00 bits per heavy atom. The highest BCUT2D eigenvalue weighted by atomic mass is 35.5. The van der Waals surface area contributed by atoms with Crippen LogP contribution in [0.4, 0.5) is 4.39 Å². The molecule has 0 aliphatic heterocycles. The summed E-state index contributed by atoms with van der Waals surface area (Å²) in [4.78, 5) is 11.5. The molecule has 0 aliphatic rings. The van der Waals surface area contributed by atoms with Gasteiger partial charge in [0.1, 0.15) is 5.82 Å². The van der Waals surface area contributed by atoms with Crippen LogP contribution >= 0.6 is 12.4 Å². The molecule has 0 saturated carbocycles. The Labute approximate surface area is 113 Å². The third-order valence-corrected chi connectivity index (χ3v) is 2.56. The number of amides is 1. The number of rotatable bonds is 6. The first-order chi connectivity index (χ1) is 8.13. The summed E-state index contributed by atoms with van der Waals surface area (Å²) in [6.45, 7) is 2.52. The number of hydrogen-bond acceptors (Lipinski definition) is 2. The lowest BCUT2D eigenvalue weighted by molar-refractivity contribution is -0.122. The van der Waals surface area contributed by atoms with Crippen molar-refractivity contribution >= 4 is 18.3 Å². The summed E-state index contributed by atoms with van der Waals surface area (Å²) >= 11 is 0. The van der Waals surface area contributed by atoms with Gasteiger partial charge < -0.3 is 11.1 Å². The lowest BCUT2D eigenvalue weighted by atomic mass is 10.1. The minimum Gasteiger partial charge on any atom is -0.354 e. The van der Waals surface area contributed by atoms with E-state index in [1.165, 1.54) is 12.1 Å². The maximum atomic E-state index is 12.6. The third kappa shape index (κ3) is 5.98. The Hall–Kier alpha value is -1.13. The molecule has 5 heteroatoms. The maximum Gasteiger partial charge on any atom is 0.236 e. The topological polar surface area (TPSA) is 55.1 Å². The maximum absolute atomic E-state index is 12.6. The predicted molar refractivity (Wildman–Crippen MR) is 73.2 cm³/mol. The second-order valence-electron chi connectivity index (χ2n) is 4.06. The van der Waals surface area contributed by atoms with Gasteiger partial charge in [0.05, 0.1) is 6.04 Å². The van der Waals surface area contributed by atoms with Crippen molar-refractivity contribution in [1.82, 2.24) is 5.32 Å². The highest BCUT2D eigenvalue weighted by Crippen LogP contribution is 2.02. The minimum absolute atomic E-state index is 0. The first-order valence-corrected chi connectivity index (χ1v) is 5.91. The van der Waals surface area contributed by atoms with Gasteiger partial charge >= 0.3 is 0 Å². The van der Waals surface area contributed by atoms with Crippen LogP contribution in [0.25, 0.3) is 0 Å². The summed E-state index contributed by atoms with van der Waals surface area (Å²) in [6.07, 6.45) is 2.28. The molecule has 0 saturated heterocycles. The number of hydrogen-bond donors (Lipinski definition) is 2. The van der Waals surface area contributed by atoms with E-state index < -0.39 is 6.04 Å². The van der Waals surface area contributed by atoms with Crippen molar-refractivity contribution in [2.75, 3.05) is 6.54 Å². The zero-order valence-electron chi connectivity index (χ0n) is 10.5. The van der Waals surface area contributed by atoms with Crippen LogP contribution < -0.4 is 11.1 Å². The van der Waals surface area contributed by atoms with Crippen LogP contribution in [0.3, 0.4) is 0 Å². The summed E-state index contributed by atoms with van der Waals surface area (Å²) in [5, 5.41) is 2.77. The van der Waals surface area contributed by atoms with E-state index in [0.717, 1.165) is 12.0 Å². The summed E-state index contributed by atoms with van der Waals surface area (Å²) in [7, 11) is 0. The second-order valence-corrected chi connectivity index (χ2v) is 4.06. The average Bonchev–Trinajstić information content (AvgIpc) is 2.32. The minimum atomic E-state index is -0.423. The number of benzene rings is 1. The monoisotopic (exact) mass is 274 g/mol. The van der Waals surface area contributed by atoms with Crippen molar-refractivity contribution < 1.29 is 9.18 Å². The van der Waals surface area contributed by atoms with Gasteiger partial charge in [0, 0.05) is 6.54 Å². The Kier molecular flexibility index (Phi) is 8.33. The number of carbonyl (C=O) groups is 1. The third-order valence-electron chi connectivity index (χ3n) is 2.56.